The average Bonchev–Trinajstić information content (AvgIpc) is 3.32. The number of hydrogen-bond acceptors (Lipinski definition) is 9. The van der Waals surface area contributed by atoms with Crippen LogP contribution in [0.4, 0.5) is 11.4 Å². The van der Waals surface area contributed by atoms with Gasteiger partial charge >= 0.3 is 0 Å². The molecule has 3 N–H and O–H groups in total. The highest BCUT2D eigenvalue weighted by Crippen LogP contribution is 2.37. The van der Waals surface area contributed by atoms with Crippen molar-refractivity contribution in [3.8, 4) is 17.6 Å². The van der Waals surface area contributed by atoms with Crippen molar-refractivity contribution in [1.82, 2.24) is 4.57 Å². The smallest absolute Gasteiger partial charge is 0.274 e. The van der Waals surface area contributed by atoms with E-state index in [2.05, 4.69) is 11.4 Å². The summed E-state index contributed by atoms with van der Waals surface area (Å²) in [5.41, 5.74) is 7.29. The molecule has 0 spiro atoms. The van der Waals surface area contributed by atoms with Gasteiger partial charge in [-0.1, -0.05) is 30.3 Å². The number of nitrogens with one attached hydrogen (secondary N) is 1. The third kappa shape index (κ3) is 5.12. The van der Waals surface area contributed by atoms with Crippen molar-refractivity contribution >= 4 is 46.1 Å². The van der Waals surface area contributed by atoms with Crippen LogP contribution >= 0.6 is 11.3 Å². The van der Waals surface area contributed by atoms with E-state index in [1.54, 1.807) is 61.7 Å². The number of amides is 1. The molecule has 1 amide bonds. The van der Waals surface area contributed by atoms with Crippen LogP contribution in [0.1, 0.15) is 17.0 Å². The lowest BCUT2D eigenvalue weighted by Gasteiger charge is -2.25. The molecule has 1 aliphatic heterocycles. The number of ether oxygens (including phenoxy) is 2. The summed E-state index contributed by atoms with van der Waals surface area (Å²) in [7, 11) is 3.07. The largest absolute Gasteiger partial charge is 0.497 e. The van der Waals surface area contributed by atoms with Gasteiger partial charge in [0, 0.05) is 17.8 Å². The first-order chi connectivity index (χ1) is 20.2. The number of thiazole rings is 1. The number of methoxy groups -OCH3 is 2. The van der Waals surface area contributed by atoms with Crippen LogP contribution in [0.5, 0.6) is 11.5 Å². The molecule has 0 aliphatic carbocycles. The lowest BCUT2D eigenvalue weighted by Crippen LogP contribution is -2.40. The van der Waals surface area contributed by atoms with E-state index in [0.29, 0.717) is 22.6 Å². The number of nitrogens with zero attached hydrogens (tertiary/aromatic N) is 3. The number of aromatic nitrogens is 1. The first-order valence-corrected chi connectivity index (χ1v) is 13.3. The summed E-state index contributed by atoms with van der Waals surface area (Å²) < 4.78 is 12.2. The zero-order chi connectivity index (χ0) is 30.0. The van der Waals surface area contributed by atoms with Crippen LogP contribution in [0.2, 0.25) is 0 Å². The van der Waals surface area contributed by atoms with Crippen LogP contribution in [0.15, 0.2) is 83.2 Å². The minimum atomic E-state index is -0.938. The minimum Gasteiger partial charge on any atom is -0.497 e. The van der Waals surface area contributed by atoms with Crippen LogP contribution in [0.3, 0.4) is 0 Å². The van der Waals surface area contributed by atoms with E-state index in [1.165, 1.54) is 35.9 Å². The van der Waals surface area contributed by atoms with Crippen LogP contribution in [0.25, 0.3) is 17.5 Å². The third-order valence-corrected chi connectivity index (χ3v) is 7.80. The van der Waals surface area contributed by atoms with Gasteiger partial charge in [0.2, 0.25) is 0 Å². The van der Waals surface area contributed by atoms with Gasteiger partial charge in [-0.25, -0.2) is 0 Å². The minimum absolute atomic E-state index is 0.00718. The molecule has 1 aliphatic rings. The fourth-order valence-corrected chi connectivity index (χ4v) is 5.82. The van der Waals surface area contributed by atoms with Crippen molar-refractivity contribution in [2.45, 2.75) is 5.92 Å². The molecule has 12 heteroatoms. The Balaban J connectivity index is 1.76. The van der Waals surface area contributed by atoms with Gasteiger partial charge in [-0.05, 0) is 47.5 Å². The second-order valence-electron chi connectivity index (χ2n) is 9.12. The molecule has 0 saturated heterocycles. The van der Waals surface area contributed by atoms with E-state index in [-0.39, 0.29) is 37.5 Å². The van der Waals surface area contributed by atoms with Gasteiger partial charge in [0.1, 0.15) is 22.0 Å². The number of carbonyl (C=O) groups is 1. The van der Waals surface area contributed by atoms with Gasteiger partial charge in [0.05, 0.1) is 46.8 Å². The second kappa shape index (κ2) is 11.4. The van der Waals surface area contributed by atoms with E-state index >= 15 is 0 Å². The number of fused-ring (bicyclic) bond motifs is 1. The Labute approximate surface area is 242 Å². The zero-order valence-corrected chi connectivity index (χ0v) is 23.2. The molecule has 5 rings (SSSR count). The summed E-state index contributed by atoms with van der Waals surface area (Å²) in [6.45, 7) is 0. The van der Waals surface area contributed by atoms with Crippen LogP contribution in [-0.4, -0.2) is 29.6 Å². The van der Waals surface area contributed by atoms with Gasteiger partial charge < -0.3 is 20.5 Å². The van der Waals surface area contributed by atoms with Crippen molar-refractivity contribution in [2.24, 2.45) is 5.73 Å². The summed E-state index contributed by atoms with van der Waals surface area (Å²) in [6.07, 6.45) is 1.66. The number of allylic oxidation sites excluding steroid dienone is 1. The average molecular weight is 582 g/mol. The van der Waals surface area contributed by atoms with E-state index < -0.39 is 22.3 Å². The highest BCUT2D eigenvalue weighted by molar-refractivity contribution is 7.07. The third-order valence-electron chi connectivity index (χ3n) is 6.69. The summed E-state index contributed by atoms with van der Waals surface area (Å²) in [6, 6.07) is 21.4. The Morgan fingerprint density at radius 2 is 1.74 bits per heavy atom. The summed E-state index contributed by atoms with van der Waals surface area (Å²) in [4.78, 5) is 38.4. The van der Waals surface area contributed by atoms with Crippen molar-refractivity contribution in [1.29, 1.82) is 5.26 Å². The van der Waals surface area contributed by atoms with Crippen molar-refractivity contribution in [2.75, 3.05) is 19.5 Å². The number of rotatable bonds is 7. The maximum atomic E-state index is 14.0. The van der Waals surface area contributed by atoms with E-state index in [0.717, 1.165) is 11.3 Å². The molecule has 2 heterocycles. The Hall–Kier alpha value is -5.67. The molecule has 3 aromatic carbocycles. The molecular weight excluding hydrogens is 558 g/mol. The van der Waals surface area contributed by atoms with E-state index in [9.17, 15) is 25.0 Å². The number of nitro groups is 1. The van der Waals surface area contributed by atoms with Crippen molar-refractivity contribution in [3.63, 3.8) is 0 Å². The molecule has 1 atom stereocenters. The molecule has 0 radical (unpaired) electrons. The molecule has 1 aromatic heterocycles. The monoisotopic (exact) mass is 581 g/mol. The Morgan fingerprint density at radius 3 is 2.33 bits per heavy atom. The van der Waals surface area contributed by atoms with Crippen LogP contribution in [-0.2, 0) is 4.79 Å². The van der Waals surface area contributed by atoms with Gasteiger partial charge in [-0.2, -0.15) is 5.26 Å². The molecule has 4 aromatic rings. The lowest BCUT2D eigenvalue weighted by molar-refractivity contribution is -0.384. The van der Waals surface area contributed by atoms with Gasteiger partial charge in [-0.15, -0.1) is 11.3 Å². The molecule has 0 bridgehead atoms. The Bertz CT molecular complexity index is 1970. The number of nitro benzene ring substituents is 1. The van der Waals surface area contributed by atoms with E-state index in [1.807, 2.05) is 0 Å². The fourth-order valence-electron chi connectivity index (χ4n) is 4.64. The summed E-state index contributed by atoms with van der Waals surface area (Å²) in [5, 5.41) is 24.2. The molecule has 42 heavy (non-hydrogen) atoms. The standard InChI is InChI=1S/C30H23N5O6S/c1-40-21-10-6-17(7-11-21)14-24-29(37)34-27(32)23(16-31)25(18-8-12-22(41-2)13-9-18)26(30(34)42-24)28(36)33-19-4-3-5-20(15-19)35(38)39/h3-15,25H,32H2,1-2H3,(H,33,36)/b24-14-. The lowest BCUT2D eigenvalue weighted by atomic mass is 9.83. The van der Waals surface area contributed by atoms with E-state index in [4.69, 9.17) is 15.2 Å². The molecule has 11 nitrogen and oxygen atoms in total. The number of nitrogens with two attached hydrogens (primary N) is 1. The quantitative estimate of drug-likeness (QED) is 0.249. The number of benzene rings is 3. The zero-order valence-electron chi connectivity index (χ0n) is 22.4. The SMILES string of the molecule is COc1ccc(/C=c2\sc3n(c2=O)C(N)=C(C#N)C(c2ccc(OC)cc2)C=3C(=O)Nc2cccc([N+](=O)[O-])c2)cc1. The van der Waals surface area contributed by atoms with Gasteiger partial charge in [-0.3, -0.25) is 24.3 Å². The number of non-ortho nitro benzene ring substituents is 1. The molecule has 0 fully saturated rings. The van der Waals surface area contributed by atoms with Crippen LogP contribution < -0.4 is 35.3 Å². The van der Waals surface area contributed by atoms with Crippen LogP contribution in [0, 0.1) is 21.4 Å². The summed E-state index contributed by atoms with van der Waals surface area (Å²) >= 11 is 1.05. The first kappa shape index (κ1) is 27.9. The predicted octanol–water partition coefficient (Wildman–Crippen LogP) is 2.90. The highest BCUT2D eigenvalue weighted by Gasteiger charge is 2.35. The number of anilines is 1. The number of hydrogen-bond donors (Lipinski definition) is 2. The number of carbonyl (C=O) groups excluding carboxylic acids is 1. The van der Waals surface area contributed by atoms with Crippen molar-refractivity contribution in [3.05, 3.63) is 119 Å². The first-order valence-electron chi connectivity index (χ1n) is 12.5. The second-order valence-corrected chi connectivity index (χ2v) is 10.2. The van der Waals surface area contributed by atoms with Gasteiger partial charge in [0.15, 0.2) is 0 Å². The summed E-state index contributed by atoms with van der Waals surface area (Å²) in [5.74, 6) is -0.460. The van der Waals surface area contributed by atoms with Crippen molar-refractivity contribution < 1.29 is 19.2 Å². The number of nitriles is 1. The Kier molecular flexibility index (Phi) is 7.59. The van der Waals surface area contributed by atoms with Gasteiger partial charge in [0.25, 0.3) is 17.2 Å². The molecular formula is C30H23N5O6S. The fraction of sp³-hybridized carbons (Fsp3) is 0.100. The molecule has 1 unspecified atom stereocenters. The Morgan fingerprint density at radius 1 is 1.10 bits per heavy atom. The topological polar surface area (TPSA) is 163 Å². The molecule has 0 saturated carbocycles. The maximum Gasteiger partial charge on any atom is 0.274 e. The predicted molar refractivity (Wildman–Crippen MR) is 158 cm³/mol. The maximum absolute atomic E-state index is 14.0. The molecule has 210 valence electrons. The highest BCUT2D eigenvalue weighted by atomic mass is 32.1. The normalized spacial score (nSPS) is 14.6.